The summed E-state index contributed by atoms with van der Waals surface area (Å²) < 4.78 is 0. The number of nitrogens with one attached hydrogen (secondary N) is 1. The molecule has 38 heavy (non-hydrogen) atoms. The molecular weight excluding hydrogens is 468 g/mol. The summed E-state index contributed by atoms with van der Waals surface area (Å²) in [7, 11) is 0. The zero-order valence-electron chi connectivity index (χ0n) is 26.1. The monoisotopic (exact) mass is 516 g/mol. The van der Waals surface area contributed by atoms with Crippen LogP contribution >= 0.6 is 0 Å². The van der Waals surface area contributed by atoms with E-state index < -0.39 is 5.97 Å². The zero-order valence-corrected chi connectivity index (χ0v) is 26.1. The molecule has 0 spiro atoms. The molecule has 3 aromatic rings. The molecule has 0 amide bonds. The second-order valence-corrected chi connectivity index (χ2v) is 11.1. The fraction of sp³-hybridized carbons (Fsp3) is 0.441. The Bertz CT molecular complexity index is 1290. The number of anilines is 3. The van der Waals surface area contributed by atoms with Crippen LogP contribution in [0, 0.1) is 96.9 Å². The average Bonchev–Trinajstić information content (AvgIpc) is 2.88. The summed E-state index contributed by atoms with van der Waals surface area (Å²) in [4.78, 5) is 11.5. The van der Waals surface area contributed by atoms with Crippen LogP contribution in [0.1, 0.15) is 83.5 Å². The molecule has 3 aromatic carbocycles. The van der Waals surface area contributed by atoms with Crippen molar-refractivity contribution in [2.75, 3.05) is 11.1 Å². The Balaban J connectivity index is 0.000000352. The number of carboxylic acids is 1. The number of carboxylic acid groups (broad SMARTS) is 1. The summed E-state index contributed by atoms with van der Waals surface area (Å²) in [5, 5.41) is 13.1. The minimum atomic E-state index is -0.802. The Hall–Kier alpha value is -3.27. The highest BCUT2D eigenvalue weighted by atomic mass is 16.4. The van der Waals surface area contributed by atoms with Gasteiger partial charge in [0.1, 0.15) is 0 Å². The van der Waals surface area contributed by atoms with Gasteiger partial charge >= 0.3 is 5.97 Å². The van der Waals surface area contributed by atoms with Crippen molar-refractivity contribution in [3.8, 4) is 0 Å². The first-order chi connectivity index (χ1) is 17.4. The van der Waals surface area contributed by atoms with Crippen molar-refractivity contribution < 1.29 is 9.90 Å². The molecule has 206 valence electrons. The number of carbonyl (C=O) groups is 1. The lowest BCUT2D eigenvalue weighted by Gasteiger charge is -2.25. The molecule has 0 bridgehead atoms. The largest absolute Gasteiger partial charge is 0.481 e. The SMILES string of the molecule is Cc1c(C)c(C)c(N)c(C)c1C.Cc1c(C)c(C)c(Nc2c(C)c(C)c(C)c(C)c2CC(=O)O)c(C)c1C. The molecular formula is C34H48N2O2. The molecule has 4 N–H and O–H groups in total. The van der Waals surface area contributed by atoms with Gasteiger partial charge in [0.25, 0.3) is 0 Å². The van der Waals surface area contributed by atoms with E-state index >= 15 is 0 Å². The third-order valence-corrected chi connectivity index (χ3v) is 9.45. The van der Waals surface area contributed by atoms with Gasteiger partial charge in [-0.15, -0.1) is 0 Å². The van der Waals surface area contributed by atoms with Gasteiger partial charge in [-0.25, -0.2) is 0 Å². The van der Waals surface area contributed by atoms with E-state index in [2.05, 4.69) is 95.3 Å². The van der Waals surface area contributed by atoms with E-state index in [9.17, 15) is 9.90 Å². The topological polar surface area (TPSA) is 75.3 Å². The zero-order chi connectivity index (χ0) is 29.4. The van der Waals surface area contributed by atoms with Crippen molar-refractivity contribution >= 4 is 23.0 Å². The molecule has 4 heteroatoms. The van der Waals surface area contributed by atoms with E-state index in [0.717, 1.165) is 33.8 Å². The van der Waals surface area contributed by atoms with E-state index in [1.54, 1.807) is 0 Å². The summed E-state index contributed by atoms with van der Waals surface area (Å²) in [6.45, 7) is 29.6. The first-order valence-corrected chi connectivity index (χ1v) is 13.4. The molecule has 0 atom stereocenters. The minimum absolute atomic E-state index is 0.0258. The molecule has 0 saturated heterocycles. The quantitative estimate of drug-likeness (QED) is 0.303. The lowest BCUT2D eigenvalue weighted by atomic mass is 9.89. The summed E-state index contributed by atoms with van der Waals surface area (Å²) >= 11 is 0. The molecule has 0 radical (unpaired) electrons. The number of hydrogen-bond donors (Lipinski definition) is 3. The summed E-state index contributed by atoms with van der Waals surface area (Å²) in [5.41, 5.74) is 27.3. The summed E-state index contributed by atoms with van der Waals surface area (Å²) in [6.07, 6.45) is 0.0258. The maximum Gasteiger partial charge on any atom is 0.307 e. The fourth-order valence-corrected chi connectivity index (χ4v) is 5.27. The Morgan fingerprint density at radius 3 is 1.16 bits per heavy atom. The van der Waals surface area contributed by atoms with Crippen molar-refractivity contribution in [1.82, 2.24) is 0 Å². The van der Waals surface area contributed by atoms with E-state index in [1.165, 1.54) is 66.8 Å². The normalized spacial score (nSPS) is 10.8. The molecule has 0 aliphatic carbocycles. The standard InChI is InChI=1S/C23H31NO2.C11H17N/c1-11-13(3)17(7)22(18(8)14(11)4)24-23-19(9)15(5)12(2)16(6)20(23)10-21(25)26;1-6-7(2)9(4)11(12)10(5)8(6)3/h24H,10H2,1-9H3,(H,25,26);12H2,1-5H3. The van der Waals surface area contributed by atoms with Crippen molar-refractivity contribution in [3.63, 3.8) is 0 Å². The Labute approximate surface area is 230 Å². The highest BCUT2D eigenvalue weighted by Crippen LogP contribution is 2.37. The van der Waals surface area contributed by atoms with Crippen LogP contribution in [-0.4, -0.2) is 11.1 Å². The van der Waals surface area contributed by atoms with Crippen molar-refractivity contribution in [2.24, 2.45) is 0 Å². The Morgan fingerprint density at radius 1 is 0.500 bits per heavy atom. The van der Waals surface area contributed by atoms with Gasteiger partial charge in [-0.1, -0.05) is 0 Å². The van der Waals surface area contributed by atoms with Gasteiger partial charge in [-0.3, -0.25) is 4.79 Å². The number of aliphatic carboxylic acids is 1. The predicted octanol–water partition coefficient (Wildman–Crippen LogP) is 8.64. The van der Waals surface area contributed by atoms with Crippen molar-refractivity contribution in [3.05, 3.63) is 83.5 Å². The lowest BCUT2D eigenvalue weighted by Crippen LogP contribution is -2.12. The number of rotatable bonds is 4. The smallest absolute Gasteiger partial charge is 0.307 e. The van der Waals surface area contributed by atoms with E-state index in [0.29, 0.717) is 0 Å². The predicted molar refractivity (Wildman–Crippen MR) is 165 cm³/mol. The maximum absolute atomic E-state index is 11.5. The molecule has 3 rings (SSSR count). The van der Waals surface area contributed by atoms with Crippen LogP contribution in [0.3, 0.4) is 0 Å². The number of benzene rings is 3. The van der Waals surface area contributed by atoms with Crippen LogP contribution in [0.4, 0.5) is 17.1 Å². The Kier molecular flexibility index (Phi) is 9.48. The maximum atomic E-state index is 11.5. The van der Waals surface area contributed by atoms with Crippen LogP contribution in [0.25, 0.3) is 0 Å². The summed E-state index contributed by atoms with van der Waals surface area (Å²) in [5.74, 6) is -0.802. The molecule has 0 heterocycles. The van der Waals surface area contributed by atoms with Gasteiger partial charge in [0.15, 0.2) is 0 Å². The molecule has 0 saturated carbocycles. The lowest BCUT2D eigenvalue weighted by molar-refractivity contribution is -0.136. The number of nitrogens with two attached hydrogens (primary N) is 1. The van der Waals surface area contributed by atoms with Gasteiger partial charge in [0, 0.05) is 17.1 Å². The van der Waals surface area contributed by atoms with Gasteiger partial charge < -0.3 is 16.2 Å². The first-order valence-electron chi connectivity index (χ1n) is 13.4. The van der Waals surface area contributed by atoms with Gasteiger partial charge in [0.2, 0.25) is 0 Å². The highest BCUT2D eigenvalue weighted by molar-refractivity contribution is 5.81. The second-order valence-electron chi connectivity index (χ2n) is 11.1. The van der Waals surface area contributed by atoms with Crippen LogP contribution < -0.4 is 11.1 Å². The third-order valence-electron chi connectivity index (χ3n) is 9.45. The number of hydrogen-bond acceptors (Lipinski definition) is 3. The molecule has 4 nitrogen and oxygen atoms in total. The molecule has 0 aliphatic rings. The van der Waals surface area contributed by atoms with Gasteiger partial charge in [0.05, 0.1) is 6.42 Å². The van der Waals surface area contributed by atoms with Crippen LogP contribution in [-0.2, 0) is 11.2 Å². The van der Waals surface area contributed by atoms with Crippen LogP contribution in [0.2, 0.25) is 0 Å². The van der Waals surface area contributed by atoms with Gasteiger partial charge in [-0.2, -0.15) is 0 Å². The molecule has 0 aromatic heterocycles. The molecule has 0 unspecified atom stereocenters. The molecule has 0 fully saturated rings. The number of nitrogen functional groups attached to an aromatic ring is 1. The Morgan fingerprint density at radius 2 is 0.789 bits per heavy atom. The summed E-state index contributed by atoms with van der Waals surface area (Å²) in [6, 6.07) is 0. The van der Waals surface area contributed by atoms with E-state index in [-0.39, 0.29) is 6.42 Å². The van der Waals surface area contributed by atoms with Crippen molar-refractivity contribution in [1.29, 1.82) is 0 Å². The second kappa shape index (κ2) is 11.6. The first kappa shape index (κ1) is 31.0. The van der Waals surface area contributed by atoms with Crippen LogP contribution in [0.15, 0.2) is 0 Å². The van der Waals surface area contributed by atoms with E-state index in [4.69, 9.17) is 5.73 Å². The van der Waals surface area contributed by atoms with Crippen LogP contribution in [0.5, 0.6) is 0 Å². The minimum Gasteiger partial charge on any atom is -0.481 e. The average molecular weight is 517 g/mol. The third kappa shape index (κ3) is 5.60. The van der Waals surface area contributed by atoms with Crippen molar-refractivity contribution in [2.45, 2.75) is 103 Å². The van der Waals surface area contributed by atoms with E-state index in [1.807, 2.05) is 6.92 Å². The highest BCUT2D eigenvalue weighted by Gasteiger charge is 2.20. The fourth-order valence-electron chi connectivity index (χ4n) is 5.27. The van der Waals surface area contributed by atoms with Gasteiger partial charge in [-0.05, 0) is 180 Å². The molecule has 0 aliphatic heterocycles.